The van der Waals surface area contributed by atoms with Crippen molar-refractivity contribution in [2.45, 2.75) is 39.0 Å². The summed E-state index contributed by atoms with van der Waals surface area (Å²) >= 11 is 3.49. The Bertz CT molecular complexity index is 399. The molecule has 1 atom stereocenters. The summed E-state index contributed by atoms with van der Waals surface area (Å²) in [7, 11) is 1.68. The van der Waals surface area contributed by atoms with Crippen LogP contribution in [0.3, 0.4) is 0 Å². The van der Waals surface area contributed by atoms with E-state index in [1.165, 1.54) is 11.1 Å². The van der Waals surface area contributed by atoms with E-state index >= 15 is 0 Å². The van der Waals surface area contributed by atoms with Crippen LogP contribution in [0.25, 0.3) is 0 Å². The Labute approximate surface area is 111 Å². The van der Waals surface area contributed by atoms with Crippen molar-refractivity contribution in [3.8, 4) is 5.75 Å². The van der Waals surface area contributed by atoms with Crippen LogP contribution in [0, 0.1) is 0 Å². The molecule has 0 N–H and O–H groups in total. The van der Waals surface area contributed by atoms with Crippen LogP contribution in [0.4, 0.5) is 0 Å². The SMILES string of the molecule is COc1cc(Br)cc(C(C)CC=O)c1C(C)C. The number of methoxy groups -OCH3 is 1. The van der Waals surface area contributed by atoms with E-state index in [1.54, 1.807) is 7.11 Å². The molecule has 3 heteroatoms. The van der Waals surface area contributed by atoms with E-state index in [2.05, 4.69) is 42.8 Å². The van der Waals surface area contributed by atoms with Crippen molar-refractivity contribution < 1.29 is 9.53 Å². The monoisotopic (exact) mass is 298 g/mol. The highest BCUT2D eigenvalue weighted by Gasteiger charge is 2.18. The summed E-state index contributed by atoms with van der Waals surface area (Å²) in [5, 5.41) is 0. The molecule has 0 fully saturated rings. The Morgan fingerprint density at radius 2 is 2.00 bits per heavy atom. The number of halogens is 1. The molecule has 0 aromatic heterocycles. The zero-order valence-corrected chi connectivity index (χ0v) is 12.4. The van der Waals surface area contributed by atoms with Crippen LogP contribution in [0.1, 0.15) is 50.2 Å². The lowest BCUT2D eigenvalue weighted by molar-refractivity contribution is -0.108. The normalized spacial score (nSPS) is 12.6. The number of carbonyl (C=O) groups excluding carboxylic acids is 1. The predicted molar refractivity (Wildman–Crippen MR) is 73.9 cm³/mol. The molecule has 0 spiro atoms. The molecule has 0 radical (unpaired) electrons. The summed E-state index contributed by atoms with van der Waals surface area (Å²) in [5.41, 5.74) is 2.39. The molecule has 17 heavy (non-hydrogen) atoms. The second-order valence-electron chi connectivity index (χ2n) is 4.57. The van der Waals surface area contributed by atoms with Gasteiger partial charge in [0.1, 0.15) is 12.0 Å². The van der Waals surface area contributed by atoms with E-state index in [0.29, 0.717) is 12.3 Å². The summed E-state index contributed by atoms with van der Waals surface area (Å²) in [6.45, 7) is 6.35. The molecule has 1 aromatic rings. The molecule has 0 saturated heterocycles. The van der Waals surface area contributed by atoms with Crippen LogP contribution < -0.4 is 4.74 Å². The molecule has 0 saturated carbocycles. The van der Waals surface area contributed by atoms with Gasteiger partial charge in [0.25, 0.3) is 0 Å². The second-order valence-corrected chi connectivity index (χ2v) is 5.48. The van der Waals surface area contributed by atoms with E-state index in [9.17, 15) is 4.79 Å². The fourth-order valence-corrected chi connectivity index (χ4v) is 2.53. The summed E-state index contributed by atoms with van der Waals surface area (Å²) in [4.78, 5) is 10.7. The highest BCUT2D eigenvalue weighted by atomic mass is 79.9. The lowest BCUT2D eigenvalue weighted by Gasteiger charge is -2.21. The number of rotatable bonds is 5. The van der Waals surface area contributed by atoms with Gasteiger partial charge in [0.15, 0.2) is 0 Å². The summed E-state index contributed by atoms with van der Waals surface area (Å²) < 4.78 is 6.43. The fourth-order valence-electron chi connectivity index (χ4n) is 2.08. The third-order valence-electron chi connectivity index (χ3n) is 2.92. The van der Waals surface area contributed by atoms with Gasteiger partial charge in [-0.15, -0.1) is 0 Å². The quantitative estimate of drug-likeness (QED) is 0.759. The van der Waals surface area contributed by atoms with E-state index in [4.69, 9.17) is 4.74 Å². The minimum absolute atomic E-state index is 0.219. The standard InChI is InChI=1S/C14H19BrO2/c1-9(2)14-12(10(3)5-6-16)7-11(15)8-13(14)17-4/h6-10H,5H2,1-4H3. The van der Waals surface area contributed by atoms with Crippen LogP contribution >= 0.6 is 15.9 Å². The lowest BCUT2D eigenvalue weighted by atomic mass is 9.88. The zero-order valence-electron chi connectivity index (χ0n) is 10.8. The Hall–Kier alpha value is -0.830. The van der Waals surface area contributed by atoms with Gasteiger partial charge >= 0.3 is 0 Å². The van der Waals surface area contributed by atoms with Crippen molar-refractivity contribution in [2.75, 3.05) is 7.11 Å². The van der Waals surface area contributed by atoms with Crippen LogP contribution in [-0.2, 0) is 4.79 Å². The molecular formula is C14H19BrO2. The number of ether oxygens (including phenoxy) is 1. The Kier molecular flexibility index (Phi) is 5.19. The molecule has 0 aliphatic heterocycles. The topological polar surface area (TPSA) is 26.3 Å². The molecule has 0 bridgehead atoms. The number of carbonyl (C=O) groups is 1. The van der Waals surface area contributed by atoms with Crippen LogP contribution in [0.5, 0.6) is 5.75 Å². The summed E-state index contributed by atoms with van der Waals surface area (Å²) in [6, 6.07) is 4.07. The van der Waals surface area contributed by atoms with Gasteiger partial charge in [-0.2, -0.15) is 0 Å². The molecule has 0 heterocycles. The largest absolute Gasteiger partial charge is 0.496 e. The summed E-state index contributed by atoms with van der Waals surface area (Å²) in [6.07, 6.45) is 1.52. The van der Waals surface area contributed by atoms with Gasteiger partial charge in [-0.25, -0.2) is 0 Å². The third-order valence-corrected chi connectivity index (χ3v) is 3.37. The fraction of sp³-hybridized carbons (Fsp3) is 0.500. The van der Waals surface area contributed by atoms with E-state index in [-0.39, 0.29) is 5.92 Å². The van der Waals surface area contributed by atoms with Crippen LogP contribution in [0.15, 0.2) is 16.6 Å². The van der Waals surface area contributed by atoms with E-state index in [0.717, 1.165) is 16.5 Å². The van der Waals surface area contributed by atoms with Gasteiger partial charge in [-0.3, -0.25) is 0 Å². The van der Waals surface area contributed by atoms with Gasteiger partial charge in [-0.1, -0.05) is 36.7 Å². The first-order valence-electron chi connectivity index (χ1n) is 5.82. The average molecular weight is 299 g/mol. The second kappa shape index (κ2) is 6.20. The first kappa shape index (κ1) is 14.2. The molecule has 2 nitrogen and oxygen atoms in total. The minimum Gasteiger partial charge on any atom is -0.496 e. The molecule has 1 aromatic carbocycles. The first-order chi connectivity index (χ1) is 8.01. The smallest absolute Gasteiger partial charge is 0.123 e. The summed E-state index contributed by atoms with van der Waals surface area (Å²) in [5.74, 6) is 1.49. The minimum atomic E-state index is 0.219. The predicted octanol–water partition coefficient (Wildman–Crippen LogP) is 4.27. The first-order valence-corrected chi connectivity index (χ1v) is 6.61. The molecule has 0 aliphatic rings. The maximum absolute atomic E-state index is 10.7. The Balaban J connectivity index is 3.34. The van der Waals surface area contributed by atoms with Crippen molar-refractivity contribution >= 4 is 22.2 Å². The van der Waals surface area contributed by atoms with Crippen molar-refractivity contribution in [3.05, 3.63) is 27.7 Å². The van der Waals surface area contributed by atoms with Crippen molar-refractivity contribution in [1.29, 1.82) is 0 Å². The van der Waals surface area contributed by atoms with E-state index in [1.807, 2.05) is 6.07 Å². The molecular weight excluding hydrogens is 280 g/mol. The van der Waals surface area contributed by atoms with Gasteiger partial charge in [-0.05, 0) is 29.5 Å². The molecule has 0 aliphatic carbocycles. The molecule has 1 unspecified atom stereocenters. The highest BCUT2D eigenvalue weighted by Crippen LogP contribution is 2.37. The van der Waals surface area contributed by atoms with Crippen molar-refractivity contribution in [2.24, 2.45) is 0 Å². The van der Waals surface area contributed by atoms with E-state index < -0.39 is 0 Å². The van der Waals surface area contributed by atoms with Crippen molar-refractivity contribution in [1.82, 2.24) is 0 Å². The number of aldehydes is 1. The third kappa shape index (κ3) is 3.32. The number of hydrogen-bond acceptors (Lipinski definition) is 2. The molecule has 0 amide bonds. The van der Waals surface area contributed by atoms with Crippen LogP contribution in [0.2, 0.25) is 0 Å². The maximum Gasteiger partial charge on any atom is 0.123 e. The van der Waals surface area contributed by atoms with Gasteiger partial charge < -0.3 is 9.53 Å². The Morgan fingerprint density at radius 1 is 1.35 bits per heavy atom. The van der Waals surface area contributed by atoms with Gasteiger partial charge in [0.2, 0.25) is 0 Å². The molecule has 1 rings (SSSR count). The number of benzene rings is 1. The highest BCUT2D eigenvalue weighted by molar-refractivity contribution is 9.10. The maximum atomic E-state index is 10.7. The average Bonchev–Trinajstić information content (AvgIpc) is 2.27. The zero-order chi connectivity index (χ0) is 13.0. The number of hydrogen-bond donors (Lipinski definition) is 0. The van der Waals surface area contributed by atoms with Crippen molar-refractivity contribution in [3.63, 3.8) is 0 Å². The van der Waals surface area contributed by atoms with Crippen LogP contribution in [-0.4, -0.2) is 13.4 Å². The Morgan fingerprint density at radius 3 is 2.47 bits per heavy atom. The van der Waals surface area contributed by atoms with Gasteiger partial charge in [0, 0.05) is 16.5 Å². The lowest BCUT2D eigenvalue weighted by Crippen LogP contribution is -2.04. The van der Waals surface area contributed by atoms with Gasteiger partial charge in [0.05, 0.1) is 7.11 Å². The molecule has 94 valence electrons.